The molecule has 3 rings (SSSR count). The van der Waals surface area contributed by atoms with Crippen molar-refractivity contribution in [2.75, 3.05) is 18.9 Å². The van der Waals surface area contributed by atoms with Gasteiger partial charge >= 0.3 is 0 Å². The highest BCUT2D eigenvalue weighted by molar-refractivity contribution is 7.97. The smallest absolute Gasteiger partial charge is 0.119 e. The molecule has 0 radical (unpaired) electrons. The average molecular weight is 439 g/mol. The Hall–Kier alpha value is -0.910. The van der Waals surface area contributed by atoms with Gasteiger partial charge in [-0.2, -0.15) is 0 Å². The topological polar surface area (TPSA) is 47.3 Å². The van der Waals surface area contributed by atoms with E-state index in [2.05, 4.69) is 29.8 Å². The lowest BCUT2D eigenvalue weighted by Gasteiger charge is -2.32. The van der Waals surface area contributed by atoms with E-state index in [4.69, 9.17) is 33.7 Å². The molecule has 0 fully saturated rings. The number of rotatable bonds is 9. The van der Waals surface area contributed by atoms with E-state index < -0.39 is 0 Å². The van der Waals surface area contributed by atoms with Gasteiger partial charge in [-0.1, -0.05) is 54.2 Å². The number of ether oxygens (including phenoxy) is 1. The van der Waals surface area contributed by atoms with Crippen LogP contribution in [0, 0.1) is 0 Å². The molecule has 3 nitrogen and oxygen atoms in total. The summed E-state index contributed by atoms with van der Waals surface area (Å²) >= 11 is 14.2. The van der Waals surface area contributed by atoms with E-state index >= 15 is 0 Å². The molecule has 2 unspecified atom stereocenters. The van der Waals surface area contributed by atoms with Crippen LogP contribution in [-0.2, 0) is 12.8 Å². The van der Waals surface area contributed by atoms with E-state index in [1.54, 1.807) is 18.0 Å². The van der Waals surface area contributed by atoms with Gasteiger partial charge in [0, 0.05) is 34.3 Å². The standard InChI is InChI=1S/C22H28Cl2N2OS/c1-2-11-28-26-9-10-27-18-7-4-15-5-8-22(25)20(19(15)14-18)12-16-3-6-17(23)13-21(16)24/h3-4,6-7,13-14,20,22,26H,2,5,8-12,25H2,1H3. The number of aryl methyl sites for hydroxylation is 1. The summed E-state index contributed by atoms with van der Waals surface area (Å²) in [7, 11) is 0. The summed E-state index contributed by atoms with van der Waals surface area (Å²) in [6.45, 7) is 3.65. The van der Waals surface area contributed by atoms with Crippen molar-refractivity contribution in [3.05, 3.63) is 63.1 Å². The summed E-state index contributed by atoms with van der Waals surface area (Å²) in [5.74, 6) is 2.25. The summed E-state index contributed by atoms with van der Waals surface area (Å²) in [6, 6.07) is 12.2. The molecule has 0 amide bonds. The lowest BCUT2D eigenvalue weighted by molar-refractivity contribution is 0.323. The zero-order valence-corrected chi connectivity index (χ0v) is 18.5. The van der Waals surface area contributed by atoms with Crippen molar-refractivity contribution < 1.29 is 4.74 Å². The maximum absolute atomic E-state index is 6.52. The predicted molar refractivity (Wildman–Crippen MR) is 122 cm³/mol. The van der Waals surface area contributed by atoms with Gasteiger partial charge in [0.05, 0.1) is 0 Å². The molecule has 2 aromatic carbocycles. The number of halogens is 2. The Labute approximate surface area is 182 Å². The molecule has 1 aliphatic carbocycles. The van der Waals surface area contributed by atoms with Crippen LogP contribution in [0.3, 0.4) is 0 Å². The first kappa shape index (κ1) is 21.8. The van der Waals surface area contributed by atoms with Gasteiger partial charge in [0.2, 0.25) is 0 Å². The lowest BCUT2D eigenvalue weighted by Crippen LogP contribution is -2.34. The van der Waals surface area contributed by atoms with Crippen LogP contribution < -0.4 is 15.2 Å². The molecule has 0 aromatic heterocycles. The number of nitrogens with one attached hydrogen (secondary N) is 1. The molecule has 1 aliphatic rings. The summed E-state index contributed by atoms with van der Waals surface area (Å²) in [5.41, 5.74) is 10.3. The summed E-state index contributed by atoms with van der Waals surface area (Å²) in [4.78, 5) is 0. The van der Waals surface area contributed by atoms with Gasteiger partial charge in [-0.15, -0.1) is 0 Å². The third-order valence-electron chi connectivity index (χ3n) is 5.12. The molecule has 28 heavy (non-hydrogen) atoms. The second-order valence-electron chi connectivity index (χ2n) is 7.20. The Morgan fingerprint density at radius 3 is 2.86 bits per heavy atom. The number of hydrogen-bond acceptors (Lipinski definition) is 4. The molecule has 0 heterocycles. The van der Waals surface area contributed by atoms with Crippen LogP contribution in [0.5, 0.6) is 5.75 Å². The van der Waals surface area contributed by atoms with E-state index in [0.717, 1.165) is 42.9 Å². The fourth-order valence-electron chi connectivity index (χ4n) is 3.63. The average Bonchev–Trinajstić information content (AvgIpc) is 2.68. The second kappa shape index (κ2) is 10.7. The Bertz CT molecular complexity index is 787. The third-order valence-corrected chi connectivity index (χ3v) is 6.72. The number of fused-ring (bicyclic) bond motifs is 1. The number of benzene rings is 2. The van der Waals surface area contributed by atoms with E-state index in [9.17, 15) is 0 Å². The molecule has 0 aliphatic heterocycles. The van der Waals surface area contributed by atoms with Crippen LogP contribution in [0.4, 0.5) is 0 Å². The highest BCUT2D eigenvalue weighted by atomic mass is 35.5. The minimum atomic E-state index is 0.113. The molecule has 0 saturated carbocycles. The van der Waals surface area contributed by atoms with Gasteiger partial charge in [-0.25, -0.2) is 0 Å². The SMILES string of the molecule is CCCSNCCOc1ccc2c(c1)C(Cc1ccc(Cl)cc1Cl)C(N)CC2. The first-order chi connectivity index (χ1) is 13.6. The van der Waals surface area contributed by atoms with Crippen molar-refractivity contribution in [2.24, 2.45) is 5.73 Å². The molecular formula is C22H28Cl2N2OS. The summed E-state index contributed by atoms with van der Waals surface area (Å²) in [6.07, 6.45) is 3.98. The molecule has 0 spiro atoms. The van der Waals surface area contributed by atoms with Gasteiger partial charge in [-0.05, 0) is 66.6 Å². The molecule has 2 aromatic rings. The molecular weight excluding hydrogens is 411 g/mol. The quantitative estimate of drug-likeness (QED) is 0.393. The number of hydrogen-bond donors (Lipinski definition) is 2. The first-order valence-corrected chi connectivity index (χ1v) is 11.6. The highest BCUT2D eigenvalue weighted by Gasteiger charge is 2.28. The van der Waals surface area contributed by atoms with Gasteiger partial charge in [-0.3, -0.25) is 4.72 Å². The molecule has 0 saturated heterocycles. The molecule has 152 valence electrons. The van der Waals surface area contributed by atoms with Crippen LogP contribution >= 0.6 is 35.1 Å². The molecule has 6 heteroatoms. The largest absolute Gasteiger partial charge is 0.492 e. The van der Waals surface area contributed by atoms with Crippen molar-refractivity contribution in [1.82, 2.24) is 4.72 Å². The Balaban J connectivity index is 1.70. The molecule has 0 bridgehead atoms. The molecule has 3 N–H and O–H groups in total. The van der Waals surface area contributed by atoms with Crippen LogP contribution in [0.1, 0.15) is 42.4 Å². The van der Waals surface area contributed by atoms with E-state index in [1.165, 1.54) is 17.5 Å². The van der Waals surface area contributed by atoms with Crippen LogP contribution in [0.15, 0.2) is 36.4 Å². The van der Waals surface area contributed by atoms with Crippen molar-refractivity contribution in [3.8, 4) is 5.75 Å². The predicted octanol–water partition coefficient (Wildman–Crippen LogP) is 5.62. The lowest BCUT2D eigenvalue weighted by atomic mass is 9.76. The molecule has 2 atom stereocenters. The maximum atomic E-state index is 6.52. The minimum absolute atomic E-state index is 0.113. The van der Waals surface area contributed by atoms with E-state index in [-0.39, 0.29) is 12.0 Å². The Morgan fingerprint density at radius 2 is 2.07 bits per heavy atom. The van der Waals surface area contributed by atoms with Crippen molar-refractivity contribution in [2.45, 2.75) is 44.6 Å². The van der Waals surface area contributed by atoms with Gasteiger partial charge in [0.15, 0.2) is 0 Å². The van der Waals surface area contributed by atoms with Crippen LogP contribution in [-0.4, -0.2) is 24.9 Å². The fraction of sp³-hybridized carbons (Fsp3) is 0.455. The van der Waals surface area contributed by atoms with E-state index in [1.807, 2.05) is 12.1 Å². The zero-order valence-electron chi connectivity index (χ0n) is 16.2. The minimum Gasteiger partial charge on any atom is -0.492 e. The van der Waals surface area contributed by atoms with Crippen molar-refractivity contribution in [3.63, 3.8) is 0 Å². The summed E-state index contributed by atoms with van der Waals surface area (Å²) in [5, 5.41) is 1.36. The van der Waals surface area contributed by atoms with Gasteiger partial charge in [0.25, 0.3) is 0 Å². The van der Waals surface area contributed by atoms with Gasteiger partial charge < -0.3 is 10.5 Å². The van der Waals surface area contributed by atoms with Crippen LogP contribution in [0.25, 0.3) is 0 Å². The van der Waals surface area contributed by atoms with Crippen LogP contribution in [0.2, 0.25) is 10.0 Å². The summed E-state index contributed by atoms with van der Waals surface area (Å²) < 4.78 is 9.29. The zero-order chi connectivity index (χ0) is 19.9. The number of nitrogens with two attached hydrogens (primary N) is 1. The maximum Gasteiger partial charge on any atom is 0.119 e. The van der Waals surface area contributed by atoms with Crippen molar-refractivity contribution in [1.29, 1.82) is 0 Å². The fourth-order valence-corrected chi connectivity index (χ4v) is 4.69. The van der Waals surface area contributed by atoms with Gasteiger partial charge in [0.1, 0.15) is 12.4 Å². The van der Waals surface area contributed by atoms with Crippen molar-refractivity contribution >= 4 is 35.1 Å². The first-order valence-electron chi connectivity index (χ1n) is 9.88. The Morgan fingerprint density at radius 1 is 1.21 bits per heavy atom. The second-order valence-corrected chi connectivity index (χ2v) is 9.03. The monoisotopic (exact) mass is 438 g/mol. The normalized spacial score (nSPS) is 18.7. The Kier molecular flexibility index (Phi) is 8.36. The highest BCUT2D eigenvalue weighted by Crippen LogP contribution is 2.37. The van der Waals surface area contributed by atoms with E-state index in [0.29, 0.717) is 16.7 Å². The third kappa shape index (κ3) is 5.80.